The number of hydrogen-bond acceptors (Lipinski definition) is 2. The van der Waals surface area contributed by atoms with Crippen molar-refractivity contribution < 1.29 is 9.53 Å². The Morgan fingerprint density at radius 3 is 2.75 bits per heavy atom. The lowest BCUT2D eigenvalue weighted by Gasteiger charge is -2.07. The minimum Gasteiger partial charge on any atom is -0.494 e. The van der Waals surface area contributed by atoms with E-state index in [0.29, 0.717) is 6.42 Å². The van der Waals surface area contributed by atoms with Crippen molar-refractivity contribution in [1.29, 1.82) is 0 Å². The topological polar surface area (TPSA) is 26.3 Å². The fourth-order valence-corrected chi connectivity index (χ4v) is 1.99. The Morgan fingerprint density at radius 1 is 1.20 bits per heavy atom. The van der Waals surface area contributed by atoms with Crippen molar-refractivity contribution in [3.05, 3.63) is 65.7 Å². The maximum absolute atomic E-state index is 12.0. The number of rotatable bonds is 7. The van der Waals surface area contributed by atoms with Gasteiger partial charge < -0.3 is 4.74 Å². The van der Waals surface area contributed by atoms with Crippen LogP contribution in [-0.2, 0) is 6.42 Å². The van der Waals surface area contributed by atoms with Crippen molar-refractivity contribution in [2.75, 3.05) is 6.61 Å². The second-order valence-electron chi connectivity index (χ2n) is 4.71. The van der Waals surface area contributed by atoms with Crippen molar-refractivity contribution >= 4 is 5.78 Å². The van der Waals surface area contributed by atoms with Gasteiger partial charge in [-0.25, -0.2) is 0 Å². The van der Waals surface area contributed by atoms with Crippen molar-refractivity contribution in [3.8, 4) is 5.75 Å². The first kappa shape index (κ1) is 14.3. The number of hydrogen-bond donors (Lipinski definition) is 0. The van der Waals surface area contributed by atoms with Crippen LogP contribution in [0.25, 0.3) is 0 Å². The Morgan fingerprint density at radius 2 is 2.00 bits per heavy atom. The highest BCUT2D eigenvalue weighted by atomic mass is 16.5. The minimum atomic E-state index is 0.166. The summed E-state index contributed by atoms with van der Waals surface area (Å²) in [6.45, 7) is 2.81. The summed E-state index contributed by atoms with van der Waals surface area (Å²) in [4.78, 5) is 12.0. The standard InChI is InChI=1S/C18H19O2/c1-2-13-20-17-10-6-7-15(14-17)11-12-18(19)16-8-4-3-5-9-16/h4-10,14H,2,11-13H2,1H3. The highest BCUT2D eigenvalue weighted by Crippen LogP contribution is 2.16. The van der Waals surface area contributed by atoms with Crippen LogP contribution in [0.1, 0.15) is 35.7 Å². The maximum Gasteiger partial charge on any atom is 0.163 e. The lowest BCUT2D eigenvalue weighted by Crippen LogP contribution is -2.01. The molecule has 0 heterocycles. The Hall–Kier alpha value is -2.09. The summed E-state index contributed by atoms with van der Waals surface area (Å²) in [6, 6.07) is 18.1. The summed E-state index contributed by atoms with van der Waals surface area (Å²) < 4.78 is 5.60. The molecule has 1 radical (unpaired) electrons. The van der Waals surface area contributed by atoms with E-state index in [1.54, 1.807) is 12.1 Å². The van der Waals surface area contributed by atoms with Gasteiger partial charge in [0.25, 0.3) is 0 Å². The van der Waals surface area contributed by atoms with Gasteiger partial charge in [0.05, 0.1) is 6.61 Å². The van der Waals surface area contributed by atoms with Gasteiger partial charge in [0, 0.05) is 12.0 Å². The zero-order chi connectivity index (χ0) is 14.2. The quantitative estimate of drug-likeness (QED) is 0.706. The molecule has 2 aromatic rings. The zero-order valence-corrected chi connectivity index (χ0v) is 11.8. The molecule has 0 aromatic heterocycles. The van der Waals surface area contributed by atoms with Crippen LogP contribution in [0.5, 0.6) is 5.75 Å². The summed E-state index contributed by atoms with van der Waals surface area (Å²) in [5, 5.41) is 0. The predicted molar refractivity (Wildman–Crippen MR) is 80.2 cm³/mol. The molecule has 0 fully saturated rings. The zero-order valence-electron chi connectivity index (χ0n) is 11.8. The molecule has 0 saturated heterocycles. The first-order valence-electron chi connectivity index (χ1n) is 7.00. The molecule has 0 amide bonds. The minimum absolute atomic E-state index is 0.166. The van der Waals surface area contributed by atoms with E-state index in [0.717, 1.165) is 36.3 Å². The lowest BCUT2D eigenvalue weighted by atomic mass is 10.0. The van der Waals surface area contributed by atoms with Gasteiger partial charge in [-0.05, 0) is 36.6 Å². The molecule has 2 aromatic carbocycles. The SMILES string of the molecule is CCCOc1cccc(CCC(=O)c2cc[c]cc2)c1. The van der Waals surface area contributed by atoms with Gasteiger partial charge in [-0.15, -0.1) is 0 Å². The molecule has 20 heavy (non-hydrogen) atoms. The van der Waals surface area contributed by atoms with E-state index < -0.39 is 0 Å². The van der Waals surface area contributed by atoms with E-state index in [-0.39, 0.29) is 5.78 Å². The molecule has 0 aliphatic rings. The molecule has 2 rings (SSSR count). The fraction of sp³-hybridized carbons (Fsp3) is 0.278. The van der Waals surface area contributed by atoms with Crippen molar-refractivity contribution in [2.45, 2.75) is 26.2 Å². The largest absolute Gasteiger partial charge is 0.494 e. The highest BCUT2D eigenvalue weighted by molar-refractivity contribution is 5.96. The molecular formula is C18H19O2. The Kier molecular flexibility index (Phi) is 5.36. The van der Waals surface area contributed by atoms with Gasteiger partial charge in [-0.2, -0.15) is 0 Å². The Balaban J connectivity index is 1.92. The molecule has 0 aliphatic heterocycles. The van der Waals surface area contributed by atoms with Crippen LogP contribution in [0, 0.1) is 6.07 Å². The van der Waals surface area contributed by atoms with E-state index in [2.05, 4.69) is 13.0 Å². The average Bonchev–Trinajstić information content (AvgIpc) is 2.52. The predicted octanol–water partition coefficient (Wildman–Crippen LogP) is 4.09. The van der Waals surface area contributed by atoms with Crippen LogP contribution >= 0.6 is 0 Å². The van der Waals surface area contributed by atoms with Crippen LogP contribution in [0.15, 0.2) is 48.5 Å². The van der Waals surface area contributed by atoms with E-state index in [1.807, 2.05) is 36.4 Å². The average molecular weight is 267 g/mol. The second kappa shape index (κ2) is 7.49. The molecule has 2 nitrogen and oxygen atoms in total. The number of ketones is 1. The Labute approximate surface area is 120 Å². The molecule has 0 atom stereocenters. The number of carbonyl (C=O) groups excluding carboxylic acids is 1. The third-order valence-electron chi connectivity index (χ3n) is 3.05. The second-order valence-corrected chi connectivity index (χ2v) is 4.71. The molecule has 0 aliphatic carbocycles. The van der Waals surface area contributed by atoms with Gasteiger partial charge in [0.15, 0.2) is 5.78 Å². The van der Waals surface area contributed by atoms with Gasteiger partial charge in [-0.1, -0.05) is 43.3 Å². The van der Waals surface area contributed by atoms with Crippen molar-refractivity contribution in [3.63, 3.8) is 0 Å². The van der Waals surface area contributed by atoms with E-state index in [9.17, 15) is 4.79 Å². The fourth-order valence-electron chi connectivity index (χ4n) is 1.99. The van der Waals surface area contributed by atoms with Crippen LogP contribution in [0.4, 0.5) is 0 Å². The third-order valence-corrected chi connectivity index (χ3v) is 3.05. The molecule has 0 unspecified atom stereocenters. The van der Waals surface area contributed by atoms with Gasteiger partial charge in [0.1, 0.15) is 5.75 Å². The first-order valence-corrected chi connectivity index (χ1v) is 7.00. The van der Waals surface area contributed by atoms with E-state index >= 15 is 0 Å². The monoisotopic (exact) mass is 267 g/mol. The normalized spacial score (nSPS) is 10.2. The molecule has 0 N–H and O–H groups in total. The van der Waals surface area contributed by atoms with Crippen molar-refractivity contribution in [2.24, 2.45) is 0 Å². The number of ether oxygens (including phenoxy) is 1. The van der Waals surface area contributed by atoms with Crippen LogP contribution < -0.4 is 4.74 Å². The van der Waals surface area contributed by atoms with Gasteiger partial charge in [0.2, 0.25) is 0 Å². The van der Waals surface area contributed by atoms with Crippen molar-refractivity contribution in [1.82, 2.24) is 0 Å². The summed E-state index contributed by atoms with van der Waals surface area (Å²) in [5.74, 6) is 1.05. The maximum atomic E-state index is 12.0. The van der Waals surface area contributed by atoms with E-state index in [1.165, 1.54) is 0 Å². The molecule has 0 saturated carbocycles. The summed E-state index contributed by atoms with van der Waals surface area (Å²) in [6.07, 6.45) is 2.25. The molecule has 0 spiro atoms. The van der Waals surface area contributed by atoms with Crippen LogP contribution in [-0.4, -0.2) is 12.4 Å². The smallest absolute Gasteiger partial charge is 0.163 e. The lowest BCUT2D eigenvalue weighted by molar-refractivity contribution is 0.0983. The molecule has 103 valence electrons. The Bertz CT molecular complexity index is 546. The van der Waals surface area contributed by atoms with Crippen LogP contribution in [0.3, 0.4) is 0 Å². The van der Waals surface area contributed by atoms with Crippen LogP contribution in [0.2, 0.25) is 0 Å². The van der Waals surface area contributed by atoms with Gasteiger partial charge >= 0.3 is 0 Å². The molecule has 0 bridgehead atoms. The highest BCUT2D eigenvalue weighted by Gasteiger charge is 2.06. The summed E-state index contributed by atoms with van der Waals surface area (Å²) >= 11 is 0. The van der Waals surface area contributed by atoms with E-state index in [4.69, 9.17) is 4.74 Å². The number of Topliss-reactive ketones (excluding diaryl/α,β-unsaturated/α-hetero) is 1. The summed E-state index contributed by atoms with van der Waals surface area (Å²) in [7, 11) is 0. The molecule has 2 heteroatoms. The third kappa shape index (κ3) is 4.23. The first-order chi connectivity index (χ1) is 9.79. The van der Waals surface area contributed by atoms with Gasteiger partial charge in [-0.3, -0.25) is 4.79 Å². The number of carbonyl (C=O) groups is 1. The molecular weight excluding hydrogens is 248 g/mol. The number of aryl methyl sites for hydroxylation is 1. The summed E-state index contributed by atoms with van der Waals surface area (Å²) in [5.41, 5.74) is 1.89. The number of benzene rings is 2.